The summed E-state index contributed by atoms with van der Waals surface area (Å²) in [6.45, 7) is 3.17. The largest absolute Gasteiger partial charge is 0.550 e. The summed E-state index contributed by atoms with van der Waals surface area (Å²) in [5.41, 5.74) is 4.93. The number of ether oxygens (including phenoxy) is 2. The van der Waals surface area contributed by atoms with Crippen LogP contribution in [0.1, 0.15) is 31.9 Å². The Hall–Kier alpha value is -2.08. The van der Waals surface area contributed by atoms with E-state index in [0.717, 1.165) is 18.2 Å². The third-order valence-corrected chi connectivity index (χ3v) is 2.28. The molecule has 6 nitrogen and oxygen atoms in total. The zero-order chi connectivity index (χ0) is 15.5. The zero-order valence-corrected chi connectivity index (χ0v) is 12.0. The van der Waals surface area contributed by atoms with Gasteiger partial charge in [0.1, 0.15) is 18.2 Å². The molecule has 0 fully saturated rings. The van der Waals surface area contributed by atoms with Gasteiger partial charge >= 0.3 is 5.97 Å². The van der Waals surface area contributed by atoms with Crippen LogP contribution in [-0.2, 0) is 14.3 Å². The number of carbonyl (C=O) groups is 2. The van der Waals surface area contributed by atoms with E-state index in [-0.39, 0.29) is 12.0 Å². The number of carboxylic acids is 1. The summed E-state index contributed by atoms with van der Waals surface area (Å²) >= 11 is 0. The van der Waals surface area contributed by atoms with E-state index in [4.69, 9.17) is 19.4 Å². The Morgan fingerprint density at radius 3 is 2.50 bits per heavy atom. The van der Waals surface area contributed by atoms with E-state index in [1.165, 1.54) is 0 Å². The summed E-state index contributed by atoms with van der Waals surface area (Å²) in [5, 5.41) is 8.89. The van der Waals surface area contributed by atoms with Crippen molar-refractivity contribution in [1.29, 1.82) is 0 Å². The van der Waals surface area contributed by atoms with Gasteiger partial charge in [0, 0.05) is 11.5 Å². The Morgan fingerprint density at radius 1 is 1.40 bits per heavy atom. The van der Waals surface area contributed by atoms with Crippen LogP contribution in [0.4, 0.5) is 0 Å². The van der Waals surface area contributed by atoms with Gasteiger partial charge in [0.05, 0.1) is 13.7 Å². The lowest BCUT2D eigenvalue weighted by molar-refractivity contribution is -0.425. The first-order valence-electron chi connectivity index (χ1n) is 6.20. The summed E-state index contributed by atoms with van der Waals surface area (Å²) in [6, 6.07) is 7.46. The van der Waals surface area contributed by atoms with Crippen molar-refractivity contribution in [2.45, 2.75) is 26.3 Å². The Labute approximate surface area is 118 Å². The fraction of sp³-hybridized carbons (Fsp3) is 0.429. The van der Waals surface area contributed by atoms with Crippen LogP contribution in [-0.4, -0.2) is 25.7 Å². The third-order valence-electron chi connectivity index (χ3n) is 2.28. The number of esters is 1. The molecular weight excluding hydrogens is 262 g/mol. The van der Waals surface area contributed by atoms with Crippen LogP contribution >= 0.6 is 0 Å². The van der Waals surface area contributed by atoms with Gasteiger partial charge in [-0.3, -0.25) is 4.79 Å². The van der Waals surface area contributed by atoms with Crippen molar-refractivity contribution in [3.63, 3.8) is 0 Å². The van der Waals surface area contributed by atoms with E-state index in [1.807, 2.05) is 24.3 Å². The second kappa shape index (κ2) is 9.80. The van der Waals surface area contributed by atoms with Gasteiger partial charge < -0.3 is 25.1 Å². The molecule has 112 valence electrons. The zero-order valence-electron chi connectivity index (χ0n) is 12.0. The smallest absolute Gasteiger partial charge is 0.312 e. The SMILES string of the molecule is CC(=O)[O-].CCOC(=O)C[C@H]([NH3+])c1cccc(OC)c1. The molecule has 0 saturated carbocycles. The maximum Gasteiger partial charge on any atom is 0.312 e. The first-order valence-corrected chi connectivity index (χ1v) is 6.20. The molecule has 0 spiro atoms. The predicted octanol–water partition coefficient (Wildman–Crippen LogP) is -0.312. The van der Waals surface area contributed by atoms with E-state index < -0.39 is 5.97 Å². The number of carbonyl (C=O) groups excluding carboxylic acids is 2. The second-order valence-electron chi connectivity index (χ2n) is 3.97. The molecule has 3 N–H and O–H groups in total. The lowest BCUT2D eigenvalue weighted by Crippen LogP contribution is -2.54. The monoisotopic (exact) mass is 283 g/mol. The van der Waals surface area contributed by atoms with Crippen LogP contribution in [0.25, 0.3) is 0 Å². The van der Waals surface area contributed by atoms with Crippen LogP contribution in [0.15, 0.2) is 24.3 Å². The lowest BCUT2D eigenvalue weighted by atomic mass is 10.0. The van der Waals surface area contributed by atoms with Gasteiger partial charge in [-0.05, 0) is 26.0 Å². The first-order chi connectivity index (χ1) is 9.40. The van der Waals surface area contributed by atoms with Crippen molar-refractivity contribution in [2.24, 2.45) is 0 Å². The van der Waals surface area contributed by atoms with Gasteiger partial charge in [0.25, 0.3) is 0 Å². The molecule has 0 saturated heterocycles. The molecule has 0 aliphatic rings. The number of carboxylic acid groups (broad SMARTS) is 1. The maximum atomic E-state index is 11.3. The average molecular weight is 283 g/mol. The van der Waals surface area contributed by atoms with Gasteiger partial charge in [0.2, 0.25) is 0 Å². The molecule has 1 atom stereocenters. The normalized spacial score (nSPS) is 10.8. The molecule has 0 aliphatic heterocycles. The van der Waals surface area contributed by atoms with E-state index in [1.54, 1.807) is 14.0 Å². The van der Waals surface area contributed by atoms with Crippen LogP contribution in [0, 0.1) is 0 Å². The van der Waals surface area contributed by atoms with Gasteiger partial charge in [-0.15, -0.1) is 0 Å². The fourth-order valence-electron chi connectivity index (χ4n) is 1.43. The van der Waals surface area contributed by atoms with E-state index in [2.05, 4.69) is 5.73 Å². The van der Waals surface area contributed by atoms with Crippen molar-refractivity contribution in [1.82, 2.24) is 0 Å². The Kier molecular flexibility index (Phi) is 8.78. The van der Waals surface area contributed by atoms with Crippen LogP contribution in [0.5, 0.6) is 5.75 Å². The standard InChI is InChI=1S/C12H17NO3.C2H4O2/c1-3-16-12(14)8-11(13)9-5-4-6-10(7-9)15-2;1-2(3)4/h4-7,11H,3,8,13H2,1-2H3;1H3,(H,3,4)/t11-;/m0./s1. The van der Waals surface area contributed by atoms with Crippen molar-refractivity contribution < 1.29 is 29.9 Å². The topological polar surface area (TPSA) is 103 Å². The molecule has 0 heterocycles. The molecule has 1 aromatic carbocycles. The van der Waals surface area contributed by atoms with E-state index in [0.29, 0.717) is 13.0 Å². The highest BCUT2D eigenvalue weighted by Gasteiger charge is 2.16. The summed E-state index contributed by atoms with van der Waals surface area (Å²) in [5.74, 6) is -0.527. The van der Waals surface area contributed by atoms with Crippen molar-refractivity contribution >= 4 is 11.9 Å². The second-order valence-corrected chi connectivity index (χ2v) is 3.97. The van der Waals surface area contributed by atoms with Gasteiger partial charge in [-0.25, -0.2) is 0 Å². The minimum atomic E-state index is -1.08. The number of quaternary nitrogens is 1. The summed E-state index contributed by atoms with van der Waals surface area (Å²) in [6.07, 6.45) is 0.293. The molecule has 0 bridgehead atoms. The van der Waals surface area contributed by atoms with Crippen molar-refractivity contribution in [3.05, 3.63) is 29.8 Å². The minimum Gasteiger partial charge on any atom is -0.550 e. The molecule has 6 heteroatoms. The number of methoxy groups -OCH3 is 1. The van der Waals surface area contributed by atoms with Crippen molar-refractivity contribution in [2.75, 3.05) is 13.7 Å². The van der Waals surface area contributed by atoms with Crippen molar-refractivity contribution in [3.8, 4) is 5.75 Å². The van der Waals surface area contributed by atoms with Crippen LogP contribution < -0.4 is 15.6 Å². The summed E-state index contributed by atoms with van der Waals surface area (Å²) in [7, 11) is 1.61. The number of hydrogen-bond donors (Lipinski definition) is 1. The summed E-state index contributed by atoms with van der Waals surface area (Å²) in [4.78, 5) is 20.2. The predicted molar refractivity (Wildman–Crippen MR) is 70.6 cm³/mol. The molecular formula is C14H21NO5. The number of hydrogen-bond acceptors (Lipinski definition) is 5. The molecule has 0 amide bonds. The maximum absolute atomic E-state index is 11.3. The quantitative estimate of drug-likeness (QED) is 0.746. The highest BCUT2D eigenvalue weighted by molar-refractivity contribution is 5.70. The van der Waals surface area contributed by atoms with Gasteiger partial charge in [0.15, 0.2) is 0 Å². The number of aliphatic carboxylic acids is 1. The molecule has 20 heavy (non-hydrogen) atoms. The Morgan fingerprint density at radius 2 is 2.00 bits per heavy atom. The first kappa shape index (κ1) is 17.9. The van der Waals surface area contributed by atoms with E-state index >= 15 is 0 Å². The third kappa shape index (κ3) is 8.10. The lowest BCUT2D eigenvalue weighted by Gasteiger charge is -2.09. The van der Waals surface area contributed by atoms with Crippen LogP contribution in [0.2, 0.25) is 0 Å². The molecule has 1 rings (SSSR count). The highest BCUT2D eigenvalue weighted by Crippen LogP contribution is 2.18. The Bertz CT molecular complexity index is 429. The Balaban J connectivity index is 0.000000796. The highest BCUT2D eigenvalue weighted by atomic mass is 16.5. The molecule has 0 aromatic heterocycles. The molecule has 0 radical (unpaired) electrons. The molecule has 0 aliphatic carbocycles. The average Bonchev–Trinajstić information content (AvgIpc) is 2.38. The van der Waals surface area contributed by atoms with Gasteiger partial charge in [-0.2, -0.15) is 0 Å². The molecule has 0 unspecified atom stereocenters. The number of rotatable bonds is 5. The van der Waals surface area contributed by atoms with Crippen LogP contribution in [0.3, 0.4) is 0 Å². The summed E-state index contributed by atoms with van der Waals surface area (Å²) < 4.78 is 9.99. The van der Waals surface area contributed by atoms with Gasteiger partial charge in [-0.1, -0.05) is 12.1 Å². The fourth-order valence-corrected chi connectivity index (χ4v) is 1.43. The minimum absolute atomic E-state index is 0.103. The van der Waals surface area contributed by atoms with E-state index in [9.17, 15) is 4.79 Å². The number of benzene rings is 1. The molecule has 1 aromatic rings.